The summed E-state index contributed by atoms with van der Waals surface area (Å²) in [6.07, 6.45) is 0.434. The van der Waals surface area contributed by atoms with Crippen molar-refractivity contribution in [2.45, 2.75) is 20.3 Å². The third kappa shape index (κ3) is 3.39. The maximum absolute atomic E-state index is 11.1. The number of halogens is 2. The Bertz CT molecular complexity index is 389. The van der Waals surface area contributed by atoms with E-state index < -0.39 is 11.9 Å². The fourth-order valence-corrected chi connectivity index (χ4v) is 2.02. The first-order chi connectivity index (χ1) is 7.41. The summed E-state index contributed by atoms with van der Waals surface area (Å²) in [6.45, 7) is 3.78. The van der Waals surface area contributed by atoms with E-state index in [-0.39, 0.29) is 5.92 Å². The standard InChI is InChI=1S/C12H14Cl2O2/c1-7(2)10(12(15)16)5-8-3-4-9(13)6-11(8)14/h3-4,6-7,10H,5H2,1-2H3,(H,15,16). The molecule has 1 aromatic rings. The molecule has 0 fully saturated rings. The molecule has 0 aliphatic heterocycles. The minimum Gasteiger partial charge on any atom is -0.481 e. The van der Waals surface area contributed by atoms with Crippen molar-refractivity contribution in [2.24, 2.45) is 11.8 Å². The van der Waals surface area contributed by atoms with Crippen molar-refractivity contribution in [3.05, 3.63) is 33.8 Å². The van der Waals surface area contributed by atoms with Crippen LogP contribution in [0.25, 0.3) is 0 Å². The zero-order chi connectivity index (χ0) is 12.3. The minimum atomic E-state index is -0.791. The number of aliphatic carboxylic acids is 1. The van der Waals surface area contributed by atoms with Gasteiger partial charge in [-0.05, 0) is 30.0 Å². The van der Waals surface area contributed by atoms with Crippen LogP contribution >= 0.6 is 23.2 Å². The molecule has 0 heterocycles. The Kier molecular flexibility index (Phi) is 4.63. The second kappa shape index (κ2) is 5.55. The van der Waals surface area contributed by atoms with Crippen LogP contribution in [0.1, 0.15) is 19.4 Å². The SMILES string of the molecule is CC(C)C(Cc1ccc(Cl)cc1Cl)C(=O)O. The highest BCUT2D eigenvalue weighted by Crippen LogP contribution is 2.25. The van der Waals surface area contributed by atoms with E-state index in [2.05, 4.69) is 0 Å². The predicted octanol–water partition coefficient (Wildman–Crippen LogP) is 3.89. The van der Waals surface area contributed by atoms with Crippen molar-refractivity contribution < 1.29 is 9.90 Å². The van der Waals surface area contributed by atoms with Gasteiger partial charge in [-0.15, -0.1) is 0 Å². The molecule has 0 aromatic heterocycles. The number of carboxylic acid groups (broad SMARTS) is 1. The Balaban J connectivity index is 2.90. The van der Waals surface area contributed by atoms with E-state index in [4.69, 9.17) is 28.3 Å². The molecule has 88 valence electrons. The molecule has 2 nitrogen and oxygen atoms in total. The van der Waals surface area contributed by atoms with Gasteiger partial charge < -0.3 is 5.11 Å². The summed E-state index contributed by atoms with van der Waals surface area (Å²) >= 11 is 11.8. The van der Waals surface area contributed by atoms with Crippen molar-refractivity contribution >= 4 is 29.2 Å². The van der Waals surface area contributed by atoms with Crippen LogP contribution in [0.15, 0.2) is 18.2 Å². The van der Waals surface area contributed by atoms with Crippen LogP contribution in [0, 0.1) is 11.8 Å². The molecule has 0 aliphatic carbocycles. The number of hydrogen-bond acceptors (Lipinski definition) is 1. The van der Waals surface area contributed by atoms with Crippen LogP contribution in [-0.4, -0.2) is 11.1 Å². The molecule has 0 spiro atoms. The van der Waals surface area contributed by atoms with Crippen molar-refractivity contribution in [3.8, 4) is 0 Å². The van der Waals surface area contributed by atoms with E-state index in [9.17, 15) is 4.79 Å². The molecule has 0 aliphatic rings. The largest absolute Gasteiger partial charge is 0.481 e. The predicted molar refractivity (Wildman–Crippen MR) is 66.1 cm³/mol. The van der Waals surface area contributed by atoms with Crippen molar-refractivity contribution in [3.63, 3.8) is 0 Å². The van der Waals surface area contributed by atoms with Crippen LogP contribution in [0.5, 0.6) is 0 Å². The van der Waals surface area contributed by atoms with Crippen molar-refractivity contribution in [1.82, 2.24) is 0 Å². The second-order valence-electron chi connectivity index (χ2n) is 4.13. The van der Waals surface area contributed by atoms with Gasteiger partial charge in [-0.1, -0.05) is 43.1 Å². The van der Waals surface area contributed by atoms with Gasteiger partial charge in [0.25, 0.3) is 0 Å². The summed E-state index contributed by atoms with van der Waals surface area (Å²) in [6, 6.07) is 5.14. The van der Waals surface area contributed by atoms with Gasteiger partial charge in [0, 0.05) is 10.0 Å². The first kappa shape index (κ1) is 13.3. The molecule has 0 radical (unpaired) electrons. The van der Waals surface area contributed by atoms with Crippen molar-refractivity contribution in [1.29, 1.82) is 0 Å². The van der Waals surface area contributed by atoms with E-state index in [1.807, 2.05) is 13.8 Å². The molecule has 0 saturated heterocycles. The fourth-order valence-electron chi connectivity index (χ4n) is 1.53. The van der Waals surface area contributed by atoms with Crippen molar-refractivity contribution in [2.75, 3.05) is 0 Å². The van der Waals surface area contributed by atoms with Gasteiger partial charge in [0.05, 0.1) is 5.92 Å². The van der Waals surface area contributed by atoms with Gasteiger partial charge in [0.1, 0.15) is 0 Å². The first-order valence-corrected chi connectivity index (χ1v) is 5.84. The Morgan fingerprint density at radius 1 is 1.38 bits per heavy atom. The van der Waals surface area contributed by atoms with Gasteiger partial charge in [-0.3, -0.25) is 4.79 Å². The van der Waals surface area contributed by atoms with Gasteiger partial charge >= 0.3 is 5.97 Å². The summed E-state index contributed by atoms with van der Waals surface area (Å²) in [5.41, 5.74) is 0.826. The molecule has 1 aromatic carbocycles. The zero-order valence-corrected chi connectivity index (χ0v) is 10.7. The normalized spacial score (nSPS) is 12.8. The summed E-state index contributed by atoms with van der Waals surface area (Å²) in [7, 11) is 0. The van der Waals surface area contributed by atoms with Gasteiger partial charge in [-0.2, -0.15) is 0 Å². The highest BCUT2D eigenvalue weighted by Gasteiger charge is 2.22. The summed E-state index contributed by atoms with van der Waals surface area (Å²) in [4.78, 5) is 11.1. The summed E-state index contributed by atoms with van der Waals surface area (Å²) in [5, 5.41) is 10.2. The molecule has 1 N–H and O–H groups in total. The molecule has 1 rings (SSSR count). The lowest BCUT2D eigenvalue weighted by atomic mass is 9.89. The first-order valence-electron chi connectivity index (χ1n) is 5.08. The maximum atomic E-state index is 11.1. The van der Waals surface area contributed by atoms with E-state index in [0.29, 0.717) is 16.5 Å². The third-order valence-corrected chi connectivity index (χ3v) is 3.16. The lowest BCUT2D eigenvalue weighted by Gasteiger charge is -2.16. The van der Waals surface area contributed by atoms with Crippen LogP contribution in [-0.2, 0) is 11.2 Å². The van der Waals surface area contributed by atoms with Crippen LogP contribution in [0.2, 0.25) is 10.0 Å². The lowest BCUT2D eigenvalue weighted by molar-refractivity contribution is -0.143. The molecule has 1 atom stereocenters. The number of hydrogen-bond donors (Lipinski definition) is 1. The number of rotatable bonds is 4. The summed E-state index contributed by atoms with van der Waals surface area (Å²) < 4.78 is 0. The smallest absolute Gasteiger partial charge is 0.307 e. The van der Waals surface area contributed by atoms with Crippen LogP contribution in [0.3, 0.4) is 0 Å². The highest BCUT2D eigenvalue weighted by atomic mass is 35.5. The van der Waals surface area contributed by atoms with Gasteiger partial charge in [0.15, 0.2) is 0 Å². The maximum Gasteiger partial charge on any atom is 0.307 e. The Hall–Kier alpha value is -0.730. The monoisotopic (exact) mass is 260 g/mol. The Labute approximate surface area is 105 Å². The summed E-state index contributed by atoms with van der Waals surface area (Å²) in [5.74, 6) is -1.14. The van der Waals surface area contributed by atoms with E-state index in [0.717, 1.165) is 5.56 Å². The fraction of sp³-hybridized carbons (Fsp3) is 0.417. The number of carboxylic acids is 1. The van der Waals surface area contributed by atoms with E-state index in [1.165, 1.54) is 0 Å². The topological polar surface area (TPSA) is 37.3 Å². The quantitative estimate of drug-likeness (QED) is 0.892. The number of benzene rings is 1. The lowest BCUT2D eigenvalue weighted by Crippen LogP contribution is -2.22. The van der Waals surface area contributed by atoms with Crippen LogP contribution in [0.4, 0.5) is 0 Å². The Morgan fingerprint density at radius 3 is 2.44 bits per heavy atom. The molecule has 1 unspecified atom stereocenters. The third-order valence-electron chi connectivity index (χ3n) is 2.58. The zero-order valence-electron chi connectivity index (χ0n) is 9.21. The molecular weight excluding hydrogens is 247 g/mol. The minimum absolute atomic E-state index is 0.0734. The second-order valence-corrected chi connectivity index (χ2v) is 4.97. The highest BCUT2D eigenvalue weighted by molar-refractivity contribution is 6.35. The molecule has 16 heavy (non-hydrogen) atoms. The van der Waals surface area contributed by atoms with Gasteiger partial charge in [0.2, 0.25) is 0 Å². The average Bonchev–Trinajstić information content (AvgIpc) is 2.15. The Morgan fingerprint density at radius 2 is 2.00 bits per heavy atom. The van der Waals surface area contributed by atoms with E-state index >= 15 is 0 Å². The van der Waals surface area contributed by atoms with E-state index in [1.54, 1.807) is 18.2 Å². The molecule has 4 heteroatoms. The molecular formula is C12H14Cl2O2. The average molecular weight is 261 g/mol. The van der Waals surface area contributed by atoms with Crippen LogP contribution < -0.4 is 0 Å². The molecule has 0 amide bonds. The number of carbonyl (C=O) groups is 1. The van der Waals surface area contributed by atoms with Gasteiger partial charge in [-0.25, -0.2) is 0 Å². The molecule has 0 saturated carbocycles. The molecule has 0 bridgehead atoms.